The molecule has 0 amide bonds. The Morgan fingerprint density at radius 1 is 1.33 bits per heavy atom. The molecule has 1 aromatic heterocycles. The zero-order valence-electron chi connectivity index (χ0n) is 12.7. The molecule has 1 aromatic carbocycles. The van der Waals surface area contributed by atoms with Crippen LogP contribution in [0.3, 0.4) is 0 Å². The third kappa shape index (κ3) is 3.01. The average Bonchev–Trinajstić information content (AvgIpc) is 2.52. The number of carboxylic acid groups (broad SMARTS) is 1. The molecule has 3 rings (SSSR count). The van der Waals surface area contributed by atoms with E-state index in [1.165, 1.54) is 12.3 Å². The second-order valence-electron chi connectivity index (χ2n) is 5.71. The number of pyridine rings is 1. The van der Waals surface area contributed by atoms with Crippen LogP contribution in [0.15, 0.2) is 30.5 Å². The SMILES string of the molecule is C[C@@H]1CN(c2ccc(C(F)(F)F)c3ncccc23)C[C@H](C(=O)O)O1. The van der Waals surface area contributed by atoms with E-state index in [0.29, 0.717) is 17.6 Å². The number of aromatic nitrogens is 1. The number of carbonyl (C=O) groups is 1. The lowest BCUT2D eigenvalue weighted by molar-refractivity contribution is -0.154. The lowest BCUT2D eigenvalue weighted by Gasteiger charge is -2.37. The van der Waals surface area contributed by atoms with Crippen LogP contribution in [0.25, 0.3) is 10.9 Å². The molecule has 0 bridgehead atoms. The first kappa shape index (κ1) is 16.5. The number of anilines is 1. The average molecular weight is 340 g/mol. The molecule has 2 aromatic rings. The van der Waals surface area contributed by atoms with Crippen LogP contribution in [0, 0.1) is 0 Å². The molecule has 5 nitrogen and oxygen atoms in total. The Kier molecular flexibility index (Phi) is 4.08. The maximum atomic E-state index is 13.2. The quantitative estimate of drug-likeness (QED) is 0.911. The van der Waals surface area contributed by atoms with Crippen molar-refractivity contribution in [2.75, 3.05) is 18.0 Å². The van der Waals surface area contributed by atoms with Crippen LogP contribution in [-0.2, 0) is 15.7 Å². The van der Waals surface area contributed by atoms with Crippen LogP contribution in [0.5, 0.6) is 0 Å². The maximum Gasteiger partial charge on any atom is 0.418 e. The predicted octanol–water partition coefficient (Wildman–Crippen LogP) is 2.93. The van der Waals surface area contributed by atoms with Crippen LogP contribution in [0.2, 0.25) is 0 Å². The maximum absolute atomic E-state index is 13.2. The van der Waals surface area contributed by atoms with E-state index in [1.807, 2.05) is 0 Å². The highest BCUT2D eigenvalue weighted by atomic mass is 19.4. The number of morpholine rings is 1. The summed E-state index contributed by atoms with van der Waals surface area (Å²) < 4.78 is 44.9. The van der Waals surface area contributed by atoms with E-state index in [1.54, 1.807) is 24.0 Å². The van der Waals surface area contributed by atoms with Crippen molar-refractivity contribution in [3.63, 3.8) is 0 Å². The minimum Gasteiger partial charge on any atom is -0.479 e. The Balaban J connectivity index is 2.09. The van der Waals surface area contributed by atoms with Gasteiger partial charge in [0.05, 0.1) is 23.7 Å². The Bertz CT molecular complexity index is 779. The summed E-state index contributed by atoms with van der Waals surface area (Å²) in [7, 11) is 0. The Morgan fingerprint density at radius 3 is 2.75 bits per heavy atom. The molecule has 0 aliphatic carbocycles. The highest BCUT2D eigenvalue weighted by molar-refractivity contribution is 5.94. The molecule has 0 spiro atoms. The summed E-state index contributed by atoms with van der Waals surface area (Å²) in [6.07, 6.45) is -4.58. The van der Waals surface area contributed by atoms with Gasteiger partial charge in [0, 0.05) is 23.8 Å². The van der Waals surface area contributed by atoms with Gasteiger partial charge in [-0.15, -0.1) is 0 Å². The summed E-state index contributed by atoms with van der Waals surface area (Å²) in [4.78, 5) is 16.8. The van der Waals surface area contributed by atoms with Gasteiger partial charge in [-0.2, -0.15) is 13.2 Å². The molecule has 1 saturated heterocycles. The molecule has 1 N–H and O–H groups in total. The monoisotopic (exact) mass is 340 g/mol. The fraction of sp³-hybridized carbons (Fsp3) is 0.375. The Morgan fingerprint density at radius 2 is 2.08 bits per heavy atom. The summed E-state index contributed by atoms with van der Waals surface area (Å²) in [5.74, 6) is -1.10. The number of halogens is 3. The molecule has 0 radical (unpaired) electrons. The first-order valence-corrected chi connectivity index (χ1v) is 7.35. The number of rotatable bonds is 2. The number of hydrogen-bond donors (Lipinski definition) is 1. The van der Waals surface area contributed by atoms with Crippen molar-refractivity contribution in [3.8, 4) is 0 Å². The van der Waals surface area contributed by atoms with Gasteiger partial charge in [-0.25, -0.2) is 4.79 Å². The molecule has 1 fully saturated rings. The van der Waals surface area contributed by atoms with Crippen molar-refractivity contribution in [2.45, 2.75) is 25.3 Å². The fourth-order valence-corrected chi connectivity index (χ4v) is 2.95. The van der Waals surface area contributed by atoms with Gasteiger partial charge in [0.2, 0.25) is 0 Å². The molecule has 1 aliphatic rings. The van der Waals surface area contributed by atoms with Crippen LogP contribution in [-0.4, -0.2) is 41.4 Å². The summed E-state index contributed by atoms with van der Waals surface area (Å²) in [5.41, 5.74) is -0.432. The van der Waals surface area contributed by atoms with Gasteiger partial charge in [0.15, 0.2) is 6.10 Å². The topological polar surface area (TPSA) is 62.7 Å². The summed E-state index contributed by atoms with van der Waals surface area (Å²) in [5, 5.41) is 9.51. The van der Waals surface area contributed by atoms with E-state index in [9.17, 15) is 23.1 Å². The molecule has 128 valence electrons. The van der Waals surface area contributed by atoms with Crippen LogP contribution in [0.1, 0.15) is 12.5 Å². The molecule has 2 heterocycles. The van der Waals surface area contributed by atoms with Crippen LogP contribution in [0.4, 0.5) is 18.9 Å². The third-order valence-electron chi connectivity index (χ3n) is 3.93. The minimum absolute atomic E-state index is 0.0645. The number of aliphatic carboxylic acids is 1. The molecule has 1 aliphatic heterocycles. The van der Waals surface area contributed by atoms with E-state index in [-0.39, 0.29) is 18.2 Å². The van der Waals surface area contributed by atoms with Crippen molar-refractivity contribution in [3.05, 3.63) is 36.0 Å². The number of ether oxygens (including phenoxy) is 1. The third-order valence-corrected chi connectivity index (χ3v) is 3.93. The number of nitrogens with zero attached hydrogens (tertiary/aromatic N) is 2. The first-order chi connectivity index (χ1) is 11.3. The normalized spacial score (nSPS) is 21.9. The summed E-state index contributed by atoms with van der Waals surface area (Å²) >= 11 is 0. The van der Waals surface area contributed by atoms with Crippen molar-refractivity contribution >= 4 is 22.6 Å². The van der Waals surface area contributed by atoms with E-state index in [0.717, 1.165) is 6.07 Å². The number of fused-ring (bicyclic) bond motifs is 1. The Hall–Kier alpha value is -2.35. The highest BCUT2D eigenvalue weighted by Gasteiger charge is 2.35. The molecular weight excluding hydrogens is 325 g/mol. The van der Waals surface area contributed by atoms with E-state index < -0.39 is 23.8 Å². The van der Waals surface area contributed by atoms with Gasteiger partial charge in [0.25, 0.3) is 0 Å². The molecule has 24 heavy (non-hydrogen) atoms. The summed E-state index contributed by atoms with van der Waals surface area (Å²) in [6.45, 7) is 2.18. The smallest absolute Gasteiger partial charge is 0.418 e. The Labute approximate surface area is 135 Å². The lowest BCUT2D eigenvalue weighted by Crippen LogP contribution is -2.49. The minimum atomic E-state index is -4.51. The number of benzene rings is 1. The van der Waals surface area contributed by atoms with Crippen LogP contribution >= 0.6 is 0 Å². The summed E-state index contributed by atoms with van der Waals surface area (Å²) in [6, 6.07) is 5.47. The predicted molar refractivity (Wildman–Crippen MR) is 80.9 cm³/mol. The number of alkyl halides is 3. The van der Waals surface area contributed by atoms with E-state index in [2.05, 4.69) is 4.98 Å². The van der Waals surface area contributed by atoms with Crippen molar-refractivity contribution < 1.29 is 27.8 Å². The molecule has 0 saturated carbocycles. The van der Waals surface area contributed by atoms with Gasteiger partial charge in [-0.1, -0.05) is 0 Å². The largest absolute Gasteiger partial charge is 0.479 e. The van der Waals surface area contributed by atoms with Crippen molar-refractivity contribution in [1.82, 2.24) is 4.98 Å². The van der Waals surface area contributed by atoms with Crippen molar-refractivity contribution in [2.24, 2.45) is 0 Å². The second kappa shape index (κ2) is 5.94. The van der Waals surface area contributed by atoms with Gasteiger partial charge < -0.3 is 14.7 Å². The molecule has 2 atom stereocenters. The second-order valence-corrected chi connectivity index (χ2v) is 5.71. The van der Waals surface area contributed by atoms with E-state index >= 15 is 0 Å². The number of carboxylic acids is 1. The molecular formula is C16H15F3N2O3. The van der Waals surface area contributed by atoms with Gasteiger partial charge in [0.1, 0.15) is 0 Å². The molecule has 8 heteroatoms. The molecule has 0 unspecified atom stereocenters. The van der Waals surface area contributed by atoms with Gasteiger partial charge in [-0.3, -0.25) is 4.98 Å². The van der Waals surface area contributed by atoms with Gasteiger partial charge in [-0.05, 0) is 31.2 Å². The van der Waals surface area contributed by atoms with Crippen LogP contribution < -0.4 is 4.90 Å². The lowest BCUT2D eigenvalue weighted by atomic mass is 10.1. The van der Waals surface area contributed by atoms with E-state index in [4.69, 9.17) is 4.74 Å². The van der Waals surface area contributed by atoms with Crippen molar-refractivity contribution in [1.29, 1.82) is 0 Å². The standard InChI is InChI=1S/C16H15F3N2O3/c1-9-7-21(8-13(24-9)15(22)23)12-5-4-11(16(17,18)19)14-10(12)3-2-6-20-14/h2-6,9,13H,7-8H2,1H3,(H,22,23)/t9-,13-/m1/s1. The number of hydrogen-bond acceptors (Lipinski definition) is 4. The van der Waals surface area contributed by atoms with Gasteiger partial charge >= 0.3 is 12.1 Å². The zero-order valence-corrected chi connectivity index (χ0v) is 12.7. The highest BCUT2D eigenvalue weighted by Crippen LogP contribution is 2.38. The first-order valence-electron chi connectivity index (χ1n) is 7.35. The zero-order chi connectivity index (χ0) is 17.5. The fourth-order valence-electron chi connectivity index (χ4n) is 2.95.